The quantitative estimate of drug-likeness (QED) is 0.634. The Morgan fingerprint density at radius 1 is 1.11 bits per heavy atom. The van der Waals surface area contributed by atoms with Crippen LogP contribution >= 0.6 is 0 Å². The van der Waals surface area contributed by atoms with Crippen molar-refractivity contribution in [1.82, 2.24) is 5.32 Å². The summed E-state index contributed by atoms with van der Waals surface area (Å²) in [4.78, 5) is 10.4. The Kier molecular flexibility index (Phi) is 3.87. The Morgan fingerprint density at radius 2 is 1.79 bits per heavy atom. The van der Waals surface area contributed by atoms with Gasteiger partial charge in [0.05, 0.1) is 11.4 Å². The van der Waals surface area contributed by atoms with Crippen LogP contribution in [0.3, 0.4) is 0 Å². The van der Waals surface area contributed by atoms with Gasteiger partial charge >= 0.3 is 6.09 Å². The summed E-state index contributed by atoms with van der Waals surface area (Å²) in [5.74, 6) is 0. The van der Waals surface area contributed by atoms with Crippen molar-refractivity contribution in [3.63, 3.8) is 0 Å². The van der Waals surface area contributed by atoms with Gasteiger partial charge in [0.25, 0.3) is 0 Å². The van der Waals surface area contributed by atoms with Crippen LogP contribution in [0.15, 0.2) is 48.5 Å². The molecular formula is C14H15N3O2. The molecule has 19 heavy (non-hydrogen) atoms. The van der Waals surface area contributed by atoms with Gasteiger partial charge in [0.15, 0.2) is 0 Å². The Bertz CT molecular complexity index is 567. The van der Waals surface area contributed by atoms with E-state index in [4.69, 9.17) is 10.8 Å². The largest absolute Gasteiger partial charge is 0.465 e. The Balaban J connectivity index is 2.03. The zero-order valence-electron chi connectivity index (χ0n) is 10.3. The van der Waals surface area contributed by atoms with Crippen molar-refractivity contribution in [2.24, 2.45) is 0 Å². The third-order valence-electron chi connectivity index (χ3n) is 2.64. The van der Waals surface area contributed by atoms with Crippen molar-refractivity contribution < 1.29 is 9.90 Å². The van der Waals surface area contributed by atoms with Crippen LogP contribution < -0.4 is 16.4 Å². The van der Waals surface area contributed by atoms with Crippen molar-refractivity contribution in [2.75, 3.05) is 11.1 Å². The highest BCUT2D eigenvalue weighted by Gasteiger charge is 2.00. The number of amides is 1. The van der Waals surface area contributed by atoms with Gasteiger partial charge < -0.3 is 21.5 Å². The molecule has 0 saturated heterocycles. The minimum atomic E-state index is -1.03. The second-order valence-electron chi connectivity index (χ2n) is 4.07. The fraction of sp³-hybridized carbons (Fsp3) is 0.0714. The van der Waals surface area contributed by atoms with Gasteiger partial charge in [-0.25, -0.2) is 4.79 Å². The van der Waals surface area contributed by atoms with E-state index in [2.05, 4.69) is 10.6 Å². The van der Waals surface area contributed by atoms with E-state index in [1.165, 1.54) is 0 Å². The van der Waals surface area contributed by atoms with Crippen LogP contribution in [0.5, 0.6) is 0 Å². The van der Waals surface area contributed by atoms with Crippen LogP contribution in [-0.2, 0) is 6.54 Å². The van der Waals surface area contributed by atoms with Crippen LogP contribution in [0.1, 0.15) is 5.56 Å². The summed E-state index contributed by atoms with van der Waals surface area (Å²) >= 11 is 0. The van der Waals surface area contributed by atoms with Gasteiger partial charge in [-0.2, -0.15) is 0 Å². The highest BCUT2D eigenvalue weighted by Crippen LogP contribution is 2.22. The maximum atomic E-state index is 10.4. The number of benzene rings is 2. The van der Waals surface area contributed by atoms with Crippen LogP contribution in [0.4, 0.5) is 21.9 Å². The molecule has 2 aromatic rings. The molecule has 0 spiro atoms. The molecule has 5 heteroatoms. The van der Waals surface area contributed by atoms with Gasteiger partial charge in [0.2, 0.25) is 0 Å². The van der Waals surface area contributed by atoms with Gasteiger partial charge in [0.1, 0.15) is 0 Å². The molecule has 0 atom stereocenters. The Hall–Kier alpha value is -2.69. The monoisotopic (exact) mass is 257 g/mol. The normalized spacial score (nSPS) is 9.89. The first-order valence-electron chi connectivity index (χ1n) is 5.82. The molecule has 0 unspecified atom stereocenters. The summed E-state index contributed by atoms with van der Waals surface area (Å²) in [6.45, 7) is 0.295. The molecular weight excluding hydrogens is 242 g/mol. The molecule has 5 N–H and O–H groups in total. The average molecular weight is 257 g/mol. The lowest BCUT2D eigenvalue weighted by Crippen LogP contribution is -2.19. The predicted octanol–water partition coefficient (Wildman–Crippen LogP) is 2.78. The third-order valence-corrected chi connectivity index (χ3v) is 2.64. The number of hydrogen-bond donors (Lipinski definition) is 4. The average Bonchev–Trinajstić information content (AvgIpc) is 2.40. The fourth-order valence-electron chi connectivity index (χ4n) is 1.65. The molecule has 0 bridgehead atoms. The van der Waals surface area contributed by atoms with Crippen molar-refractivity contribution in [1.29, 1.82) is 0 Å². The molecule has 0 aliphatic heterocycles. The molecule has 2 aromatic carbocycles. The van der Waals surface area contributed by atoms with Gasteiger partial charge in [-0.05, 0) is 29.8 Å². The highest BCUT2D eigenvalue weighted by molar-refractivity contribution is 5.72. The highest BCUT2D eigenvalue weighted by atomic mass is 16.4. The van der Waals surface area contributed by atoms with Gasteiger partial charge in [-0.15, -0.1) is 0 Å². The number of rotatable bonds is 4. The summed E-state index contributed by atoms with van der Waals surface area (Å²) in [5.41, 5.74) is 9.16. The number of nitrogens with one attached hydrogen (secondary N) is 2. The molecule has 0 aliphatic carbocycles. The number of nitrogens with two attached hydrogens (primary N) is 1. The fourth-order valence-corrected chi connectivity index (χ4v) is 1.65. The summed E-state index contributed by atoms with van der Waals surface area (Å²) in [7, 11) is 0. The summed E-state index contributed by atoms with van der Waals surface area (Å²) in [5, 5.41) is 14.0. The van der Waals surface area contributed by atoms with E-state index in [9.17, 15) is 4.79 Å². The van der Waals surface area contributed by atoms with Gasteiger partial charge in [-0.1, -0.05) is 24.3 Å². The summed E-state index contributed by atoms with van der Waals surface area (Å²) < 4.78 is 0. The topological polar surface area (TPSA) is 87.4 Å². The third kappa shape index (κ3) is 3.64. The zero-order valence-corrected chi connectivity index (χ0v) is 10.3. The molecule has 0 radical (unpaired) electrons. The van der Waals surface area contributed by atoms with E-state index in [-0.39, 0.29) is 0 Å². The first-order valence-corrected chi connectivity index (χ1v) is 5.82. The molecule has 1 amide bonds. The maximum Gasteiger partial charge on any atom is 0.404 e. The van der Waals surface area contributed by atoms with Gasteiger partial charge in [0, 0.05) is 12.2 Å². The smallest absolute Gasteiger partial charge is 0.404 e. The van der Waals surface area contributed by atoms with Gasteiger partial charge in [-0.3, -0.25) is 0 Å². The number of nitrogen functional groups attached to an aromatic ring is 1. The van der Waals surface area contributed by atoms with E-state index in [1.54, 1.807) is 0 Å². The second kappa shape index (κ2) is 5.77. The van der Waals surface area contributed by atoms with Crippen molar-refractivity contribution in [3.8, 4) is 0 Å². The lowest BCUT2D eigenvalue weighted by molar-refractivity contribution is 0.194. The first-order chi connectivity index (χ1) is 9.15. The number of hydrogen-bond acceptors (Lipinski definition) is 3. The van der Waals surface area contributed by atoms with Crippen LogP contribution in [0, 0.1) is 0 Å². The standard InChI is InChI=1S/C14H15N3O2/c15-12-3-1-2-4-13(12)17-11-7-5-10(6-8-11)9-16-14(18)19/h1-8,16-17H,9,15H2,(H,18,19). The number of carbonyl (C=O) groups is 1. The number of anilines is 3. The lowest BCUT2D eigenvalue weighted by atomic mass is 10.2. The Labute approximate surface area is 111 Å². The minimum absolute atomic E-state index is 0.295. The van der Waals surface area contributed by atoms with Crippen LogP contribution in [-0.4, -0.2) is 11.2 Å². The van der Waals surface area contributed by atoms with E-state index < -0.39 is 6.09 Å². The van der Waals surface area contributed by atoms with Crippen LogP contribution in [0.25, 0.3) is 0 Å². The molecule has 0 aliphatic rings. The number of carboxylic acid groups (broad SMARTS) is 1. The minimum Gasteiger partial charge on any atom is -0.465 e. The van der Waals surface area contributed by atoms with E-state index in [1.807, 2.05) is 48.5 Å². The SMILES string of the molecule is Nc1ccccc1Nc1ccc(CNC(=O)O)cc1. The lowest BCUT2D eigenvalue weighted by Gasteiger charge is -2.09. The second-order valence-corrected chi connectivity index (χ2v) is 4.07. The Morgan fingerprint density at radius 3 is 2.42 bits per heavy atom. The van der Waals surface area contributed by atoms with Crippen molar-refractivity contribution in [2.45, 2.75) is 6.54 Å². The zero-order chi connectivity index (χ0) is 13.7. The van der Waals surface area contributed by atoms with E-state index in [0.29, 0.717) is 12.2 Å². The van der Waals surface area contributed by atoms with Crippen LogP contribution in [0.2, 0.25) is 0 Å². The molecule has 0 fully saturated rings. The van der Waals surface area contributed by atoms with Crippen molar-refractivity contribution in [3.05, 3.63) is 54.1 Å². The first kappa shape index (κ1) is 12.8. The summed E-state index contributed by atoms with van der Waals surface area (Å²) in [6, 6.07) is 15.0. The molecule has 5 nitrogen and oxygen atoms in total. The number of para-hydroxylation sites is 2. The molecule has 2 rings (SSSR count). The summed E-state index contributed by atoms with van der Waals surface area (Å²) in [6.07, 6.45) is -1.03. The predicted molar refractivity (Wildman–Crippen MR) is 75.4 cm³/mol. The molecule has 0 saturated carbocycles. The molecule has 98 valence electrons. The molecule has 0 aromatic heterocycles. The maximum absolute atomic E-state index is 10.4. The van der Waals surface area contributed by atoms with E-state index >= 15 is 0 Å². The van der Waals surface area contributed by atoms with Crippen molar-refractivity contribution >= 4 is 23.2 Å². The van der Waals surface area contributed by atoms with E-state index in [0.717, 1.165) is 16.9 Å². The molecule has 0 heterocycles.